The van der Waals surface area contributed by atoms with Crippen molar-refractivity contribution in [2.24, 2.45) is 0 Å². The molecule has 0 aliphatic carbocycles. The number of aromatic nitrogens is 2. The van der Waals surface area contributed by atoms with Crippen LogP contribution in [-0.4, -0.2) is 47.8 Å². The Balaban J connectivity index is 1.54. The van der Waals surface area contributed by atoms with Crippen LogP contribution in [0.3, 0.4) is 0 Å². The van der Waals surface area contributed by atoms with E-state index in [2.05, 4.69) is 20.2 Å². The summed E-state index contributed by atoms with van der Waals surface area (Å²) >= 11 is 0. The Morgan fingerprint density at radius 3 is 2.74 bits per heavy atom. The van der Waals surface area contributed by atoms with E-state index in [4.69, 9.17) is 4.74 Å². The van der Waals surface area contributed by atoms with Crippen molar-refractivity contribution in [3.8, 4) is 5.75 Å². The summed E-state index contributed by atoms with van der Waals surface area (Å²) in [6.45, 7) is 1.43. The van der Waals surface area contributed by atoms with Crippen molar-refractivity contribution in [2.45, 2.75) is 12.8 Å². The van der Waals surface area contributed by atoms with Gasteiger partial charge in [-0.3, -0.25) is 0 Å². The minimum atomic E-state index is -1.05. The van der Waals surface area contributed by atoms with E-state index in [-0.39, 0.29) is 18.0 Å². The topological polar surface area (TPSA) is 87.6 Å². The minimum absolute atomic E-state index is 0.101. The van der Waals surface area contributed by atoms with Crippen LogP contribution in [0.15, 0.2) is 60.8 Å². The third-order valence-electron chi connectivity index (χ3n) is 4.65. The van der Waals surface area contributed by atoms with E-state index in [1.54, 1.807) is 12.1 Å². The number of rotatable bonds is 11. The number of anilines is 2. The summed E-state index contributed by atoms with van der Waals surface area (Å²) in [5.74, 6) is -0.639. The van der Waals surface area contributed by atoms with Crippen molar-refractivity contribution < 1.29 is 19.0 Å². The number of benzene rings is 2. The van der Waals surface area contributed by atoms with Crippen molar-refractivity contribution in [2.75, 3.05) is 37.0 Å². The highest BCUT2D eigenvalue weighted by atomic mass is 19.1. The molecule has 0 fully saturated rings. The van der Waals surface area contributed by atoms with Gasteiger partial charge in [-0.15, -0.1) is 0 Å². The van der Waals surface area contributed by atoms with Crippen LogP contribution >= 0.6 is 0 Å². The van der Waals surface area contributed by atoms with Crippen molar-refractivity contribution in [3.63, 3.8) is 0 Å². The second-order valence-electron chi connectivity index (χ2n) is 6.95. The van der Waals surface area contributed by atoms with Gasteiger partial charge in [0.1, 0.15) is 18.2 Å². The van der Waals surface area contributed by atoms with E-state index >= 15 is 0 Å². The van der Waals surface area contributed by atoms with Crippen molar-refractivity contribution in [1.29, 1.82) is 0 Å². The molecule has 0 bridgehead atoms. The van der Waals surface area contributed by atoms with Crippen LogP contribution in [0.25, 0.3) is 0 Å². The SMILES string of the molecule is CN(CCCc1nc(NCCOc2cccc(F)c2)ncc1C(=O)O)c1ccccc1. The van der Waals surface area contributed by atoms with E-state index in [1.807, 2.05) is 37.4 Å². The summed E-state index contributed by atoms with van der Waals surface area (Å²) in [5, 5.41) is 12.5. The molecule has 3 aromatic rings. The number of hydrogen-bond acceptors (Lipinski definition) is 6. The molecule has 0 amide bonds. The summed E-state index contributed by atoms with van der Waals surface area (Å²) in [5.41, 5.74) is 1.69. The third kappa shape index (κ3) is 6.67. The van der Waals surface area contributed by atoms with E-state index in [0.29, 0.717) is 30.4 Å². The lowest BCUT2D eigenvalue weighted by molar-refractivity contribution is 0.0694. The lowest BCUT2D eigenvalue weighted by Crippen LogP contribution is -2.20. The number of nitrogens with zero attached hydrogens (tertiary/aromatic N) is 3. The zero-order valence-electron chi connectivity index (χ0n) is 17.3. The van der Waals surface area contributed by atoms with E-state index in [0.717, 1.165) is 18.7 Å². The van der Waals surface area contributed by atoms with Crippen LogP contribution in [0, 0.1) is 5.82 Å². The van der Waals surface area contributed by atoms with Crippen LogP contribution < -0.4 is 15.0 Å². The molecule has 0 radical (unpaired) electrons. The first-order valence-corrected chi connectivity index (χ1v) is 10.0. The number of carboxylic acid groups (broad SMARTS) is 1. The molecule has 0 atom stereocenters. The number of hydrogen-bond donors (Lipinski definition) is 2. The summed E-state index contributed by atoms with van der Waals surface area (Å²) in [4.78, 5) is 22.1. The highest BCUT2D eigenvalue weighted by molar-refractivity contribution is 5.88. The van der Waals surface area contributed by atoms with Gasteiger partial charge in [-0.25, -0.2) is 19.2 Å². The Labute approximate surface area is 180 Å². The number of nitrogens with one attached hydrogen (secondary N) is 1. The predicted octanol–water partition coefficient (Wildman–Crippen LogP) is 3.87. The van der Waals surface area contributed by atoms with Gasteiger partial charge in [0.15, 0.2) is 0 Å². The first kappa shape index (κ1) is 22.0. The number of ether oxygens (including phenoxy) is 1. The molecule has 0 aliphatic rings. The summed E-state index contributed by atoms with van der Waals surface area (Å²) in [7, 11) is 2.00. The zero-order chi connectivity index (χ0) is 22.1. The fourth-order valence-corrected chi connectivity index (χ4v) is 3.06. The molecule has 0 saturated heterocycles. The molecule has 0 saturated carbocycles. The Hall–Kier alpha value is -3.68. The normalized spacial score (nSPS) is 10.5. The van der Waals surface area contributed by atoms with E-state index < -0.39 is 5.97 Å². The third-order valence-corrected chi connectivity index (χ3v) is 4.65. The van der Waals surface area contributed by atoms with Gasteiger partial charge in [0.05, 0.1) is 17.8 Å². The Morgan fingerprint density at radius 1 is 1.19 bits per heavy atom. The summed E-state index contributed by atoms with van der Waals surface area (Å²) in [6, 6.07) is 15.9. The molecule has 8 heteroatoms. The van der Waals surface area contributed by atoms with Gasteiger partial charge in [-0.2, -0.15) is 0 Å². The van der Waals surface area contributed by atoms with Crippen LogP contribution in [0.2, 0.25) is 0 Å². The summed E-state index contributed by atoms with van der Waals surface area (Å²) in [6.07, 6.45) is 2.57. The van der Waals surface area contributed by atoms with Crippen LogP contribution in [-0.2, 0) is 6.42 Å². The van der Waals surface area contributed by atoms with E-state index in [9.17, 15) is 14.3 Å². The first-order valence-electron chi connectivity index (χ1n) is 10.0. The maximum absolute atomic E-state index is 13.2. The van der Waals surface area contributed by atoms with Crippen LogP contribution in [0.1, 0.15) is 22.5 Å². The van der Waals surface area contributed by atoms with Crippen LogP contribution in [0.5, 0.6) is 5.75 Å². The number of carboxylic acids is 1. The second-order valence-corrected chi connectivity index (χ2v) is 6.95. The average Bonchev–Trinajstić information content (AvgIpc) is 2.77. The Morgan fingerprint density at radius 2 is 2.00 bits per heavy atom. The van der Waals surface area contributed by atoms with Crippen LogP contribution in [0.4, 0.5) is 16.0 Å². The standard InChI is InChI=1S/C23H25FN4O3/c1-28(18-8-3-2-4-9-18)13-6-11-21-20(22(29)30)16-26-23(27-21)25-12-14-31-19-10-5-7-17(24)15-19/h2-5,7-10,15-16H,6,11-14H2,1H3,(H,29,30)(H,25,26,27). The molecular formula is C23H25FN4O3. The fraction of sp³-hybridized carbons (Fsp3) is 0.261. The molecule has 0 unspecified atom stereocenters. The molecule has 7 nitrogen and oxygen atoms in total. The van der Waals surface area contributed by atoms with Gasteiger partial charge in [-0.1, -0.05) is 24.3 Å². The molecule has 3 rings (SSSR count). The second kappa shape index (κ2) is 10.9. The number of aryl methyl sites for hydroxylation is 1. The molecule has 0 spiro atoms. The quantitative estimate of drug-likeness (QED) is 0.452. The zero-order valence-corrected chi connectivity index (χ0v) is 17.3. The molecule has 2 N–H and O–H groups in total. The largest absolute Gasteiger partial charge is 0.492 e. The molecule has 2 aromatic carbocycles. The number of carbonyl (C=O) groups is 1. The van der Waals surface area contributed by atoms with Gasteiger partial charge < -0.3 is 20.1 Å². The summed E-state index contributed by atoms with van der Waals surface area (Å²) < 4.78 is 18.6. The first-order chi connectivity index (χ1) is 15.0. The number of aromatic carboxylic acids is 1. The van der Waals surface area contributed by atoms with Crippen molar-refractivity contribution in [3.05, 3.63) is 77.9 Å². The fourth-order valence-electron chi connectivity index (χ4n) is 3.06. The van der Waals surface area contributed by atoms with Gasteiger partial charge in [-0.05, 0) is 37.1 Å². The molecule has 162 valence electrons. The molecule has 0 aliphatic heterocycles. The highest BCUT2D eigenvalue weighted by Crippen LogP contribution is 2.15. The minimum Gasteiger partial charge on any atom is -0.492 e. The van der Waals surface area contributed by atoms with Gasteiger partial charge in [0.25, 0.3) is 0 Å². The number of para-hydroxylation sites is 1. The van der Waals surface area contributed by atoms with Gasteiger partial charge in [0.2, 0.25) is 5.95 Å². The molecule has 1 aromatic heterocycles. The van der Waals surface area contributed by atoms with Crippen molar-refractivity contribution >= 4 is 17.6 Å². The lowest BCUT2D eigenvalue weighted by Gasteiger charge is -2.19. The van der Waals surface area contributed by atoms with Gasteiger partial charge >= 0.3 is 5.97 Å². The Bertz CT molecular complexity index is 1000. The number of halogens is 1. The van der Waals surface area contributed by atoms with E-state index in [1.165, 1.54) is 18.3 Å². The Kier molecular flexibility index (Phi) is 7.75. The smallest absolute Gasteiger partial charge is 0.339 e. The maximum Gasteiger partial charge on any atom is 0.339 e. The van der Waals surface area contributed by atoms with Crippen molar-refractivity contribution in [1.82, 2.24) is 9.97 Å². The molecule has 1 heterocycles. The molecule has 31 heavy (non-hydrogen) atoms. The van der Waals surface area contributed by atoms with Gasteiger partial charge in [0, 0.05) is 31.5 Å². The monoisotopic (exact) mass is 424 g/mol. The lowest BCUT2D eigenvalue weighted by atomic mass is 10.1. The highest BCUT2D eigenvalue weighted by Gasteiger charge is 2.14. The predicted molar refractivity (Wildman–Crippen MR) is 117 cm³/mol. The maximum atomic E-state index is 13.2. The average molecular weight is 424 g/mol. The molecular weight excluding hydrogens is 399 g/mol.